The monoisotopic (exact) mass is 521 g/mol. The first-order valence-electron chi connectivity index (χ1n) is 9.53. The van der Waals surface area contributed by atoms with Gasteiger partial charge >= 0.3 is 0 Å². The van der Waals surface area contributed by atoms with Gasteiger partial charge < -0.3 is 24.0 Å². The van der Waals surface area contributed by atoms with Crippen LogP contribution < -0.4 is 5.32 Å². The lowest BCUT2D eigenvalue weighted by Crippen LogP contribution is -2.53. The number of furan rings is 1. The van der Waals surface area contributed by atoms with Crippen molar-refractivity contribution in [2.45, 2.75) is 6.54 Å². The van der Waals surface area contributed by atoms with E-state index in [1.807, 2.05) is 30.3 Å². The van der Waals surface area contributed by atoms with Gasteiger partial charge in [0.05, 0.1) is 18.5 Å². The molecule has 3 heterocycles. The molecule has 1 aliphatic heterocycles. The van der Waals surface area contributed by atoms with Gasteiger partial charge in [0.2, 0.25) is 5.89 Å². The Balaban J connectivity index is 0.00000256. The molecule has 1 saturated heterocycles. The van der Waals surface area contributed by atoms with Gasteiger partial charge in [-0.15, -0.1) is 24.0 Å². The predicted octanol–water partition coefficient (Wildman–Crippen LogP) is 3.09. The highest BCUT2D eigenvalue weighted by Gasteiger charge is 2.25. The van der Waals surface area contributed by atoms with E-state index in [9.17, 15) is 4.79 Å². The van der Waals surface area contributed by atoms with Crippen LogP contribution in [0.1, 0.15) is 16.2 Å². The summed E-state index contributed by atoms with van der Waals surface area (Å²) in [7, 11) is 1.75. The van der Waals surface area contributed by atoms with Crippen LogP contribution in [-0.2, 0) is 6.54 Å². The van der Waals surface area contributed by atoms with Gasteiger partial charge in [0.25, 0.3) is 5.91 Å². The first kappa shape index (κ1) is 21.9. The first-order chi connectivity index (χ1) is 14.2. The lowest BCUT2D eigenvalue weighted by atomic mass is 10.2. The Kier molecular flexibility index (Phi) is 7.50. The van der Waals surface area contributed by atoms with Crippen molar-refractivity contribution in [3.63, 3.8) is 0 Å². The normalized spacial score (nSPS) is 14.4. The third kappa shape index (κ3) is 5.02. The molecule has 1 amide bonds. The van der Waals surface area contributed by atoms with Crippen molar-refractivity contribution in [1.82, 2.24) is 20.1 Å². The van der Waals surface area contributed by atoms with Gasteiger partial charge in [-0.3, -0.25) is 9.79 Å². The molecule has 0 radical (unpaired) electrons. The van der Waals surface area contributed by atoms with E-state index in [-0.39, 0.29) is 29.9 Å². The molecule has 0 unspecified atom stereocenters. The Morgan fingerprint density at radius 1 is 1.07 bits per heavy atom. The van der Waals surface area contributed by atoms with Gasteiger partial charge in [0.1, 0.15) is 6.26 Å². The van der Waals surface area contributed by atoms with E-state index < -0.39 is 0 Å². The van der Waals surface area contributed by atoms with Crippen LogP contribution in [0, 0.1) is 0 Å². The molecule has 4 rings (SSSR count). The van der Waals surface area contributed by atoms with Crippen molar-refractivity contribution < 1.29 is 13.6 Å². The molecule has 8 nitrogen and oxygen atoms in total. The number of amides is 1. The van der Waals surface area contributed by atoms with E-state index in [0.29, 0.717) is 44.4 Å². The third-order valence-electron chi connectivity index (χ3n) is 4.81. The number of rotatable bonds is 4. The topological polar surface area (TPSA) is 87.1 Å². The fourth-order valence-electron chi connectivity index (χ4n) is 3.28. The third-order valence-corrected chi connectivity index (χ3v) is 4.81. The number of hydrogen-bond donors (Lipinski definition) is 1. The largest absolute Gasteiger partial charge is 0.459 e. The maximum Gasteiger partial charge on any atom is 0.289 e. The smallest absolute Gasteiger partial charge is 0.289 e. The Morgan fingerprint density at radius 3 is 2.47 bits per heavy atom. The van der Waals surface area contributed by atoms with E-state index in [0.717, 1.165) is 17.2 Å². The highest BCUT2D eigenvalue weighted by atomic mass is 127. The van der Waals surface area contributed by atoms with E-state index >= 15 is 0 Å². The fourth-order valence-corrected chi connectivity index (χ4v) is 3.28. The molecule has 1 fully saturated rings. The zero-order valence-corrected chi connectivity index (χ0v) is 19.0. The number of nitrogens with one attached hydrogen (secondary N) is 1. The van der Waals surface area contributed by atoms with Crippen LogP contribution in [0.4, 0.5) is 0 Å². The zero-order valence-electron chi connectivity index (χ0n) is 16.7. The second kappa shape index (κ2) is 10.3. The van der Waals surface area contributed by atoms with Gasteiger partial charge in [-0.25, -0.2) is 4.98 Å². The van der Waals surface area contributed by atoms with Gasteiger partial charge in [-0.1, -0.05) is 18.2 Å². The Labute approximate surface area is 192 Å². The summed E-state index contributed by atoms with van der Waals surface area (Å²) >= 11 is 0. The highest BCUT2D eigenvalue weighted by Crippen LogP contribution is 2.18. The molecule has 0 spiro atoms. The number of benzene rings is 1. The molecule has 0 bridgehead atoms. The van der Waals surface area contributed by atoms with Crippen LogP contribution >= 0.6 is 24.0 Å². The molecular weight excluding hydrogens is 497 g/mol. The number of aliphatic imine (C=N–C) groups is 1. The van der Waals surface area contributed by atoms with Crippen molar-refractivity contribution in [1.29, 1.82) is 0 Å². The molecule has 3 aromatic rings. The van der Waals surface area contributed by atoms with Crippen molar-refractivity contribution in [3.05, 3.63) is 66.4 Å². The van der Waals surface area contributed by atoms with Crippen LogP contribution in [0.3, 0.4) is 0 Å². The molecule has 9 heteroatoms. The molecule has 0 aliphatic carbocycles. The minimum absolute atomic E-state index is 0. The molecule has 2 aromatic heterocycles. The summed E-state index contributed by atoms with van der Waals surface area (Å²) in [5.41, 5.74) is 1.75. The van der Waals surface area contributed by atoms with Crippen molar-refractivity contribution in [3.8, 4) is 11.5 Å². The van der Waals surface area contributed by atoms with E-state index in [4.69, 9.17) is 8.83 Å². The molecule has 0 atom stereocenters. The van der Waals surface area contributed by atoms with E-state index in [1.54, 1.807) is 30.3 Å². The van der Waals surface area contributed by atoms with Crippen LogP contribution in [0.2, 0.25) is 0 Å². The Hall–Kier alpha value is -2.82. The molecular formula is C21H24IN5O3. The summed E-state index contributed by atoms with van der Waals surface area (Å²) in [6.07, 6.45) is 3.17. The second-order valence-corrected chi connectivity index (χ2v) is 6.67. The number of hydrogen-bond acceptors (Lipinski definition) is 5. The lowest BCUT2D eigenvalue weighted by Gasteiger charge is -2.36. The molecule has 1 N–H and O–H groups in total. The zero-order chi connectivity index (χ0) is 20.1. The van der Waals surface area contributed by atoms with Gasteiger partial charge in [0, 0.05) is 38.8 Å². The Bertz CT molecular complexity index is 964. The summed E-state index contributed by atoms with van der Waals surface area (Å²) in [6.45, 7) is 3.12. The summed E-state index contributed by atoms with van der Waals surface area (Å²) < 4.78 is 10.8. The fraction of sp³-hybridized carbons (Fsp3) is 0.286. The molecule has 0 saturated carbocycles. The van der Waals surface area contributed by atoms with Crippen LogP contribution in [0.25, 0.3) is 11.5 Å². The van der Waals surface area contributed by atoms with Crippen molar-refractivity contribution in [2.75, 3.05) is 33.2 Å². The second-order valence-electron chi connectivity index (χ2n) is 6.67. The number of carbonyl (C=O) groups excluding carboxylic acids is 1. The van der Waals surface area contributed by atoms with Crippen molar-refractivity contribution >= 4 is 35.8 Å². The standard InChI is InChI=1S/C21H23N5O3.HI/c1-22-21(23-14-17-15-29-19(24-17)16-6-3-2-4-7-16)26-11-9-25(10-12-26)20(27)18-8-5-13-28-18;/h2-8,13,15H,9-12,14H2,1H3,(H,22,23);1H. The number of carbonyl (C=O) groups is 1. The number of guanidine groups is 1. The summed E-state index contributed by atoms with van der Waals surface area (Å²) in [5, 5.41) is 3.32. The summed E-state index contributed by atoms with van der Waals surface area (Å²) in [4.78, 5) is 25.2. The highest BCUT2D eigenvalue weighted by molar-refractivity contribution is 14.0. The van der Waals surface area contributed by atoms with Crippen LogP contribution in [-0.4, -0.2) is 59.9 Å². The summed E-state index contributed by atoms with van der Waals surface area (Å²) in [5.74, 6) is 1.68. The SMILES string of the molecule is CN=C(NCc1coc(-c2ccccc2)n1)N1CCN(C(=O)c2ccco2)CC1.I. The van der Waals surface area contributed by atoms with Crippen LogP contribution in [0.5, 0.6) is 0 Å². The molecule has 158 valence electrons. The number of oxazole rings is 1. The molecule has 1 aliphatic rings. The molecule has 30 heavy (non-hydrogen) atoms. The summed E-state index contributed by atoms with van der Waals surface area (Å²) in [6, 6.07) is 13.2. The van der Waals surface area contributed by atoms with Crippen LogP contribution in [0.15, 0.2) is 68.8 Å². The van der Waals surface area contributed by atoms with Gasteiger partial charge in [-0.05, 0) is 24.3 Å². The average Bonchev–Trinajstić information content (AvgIpc) is 3.47. The van der Waals surface area contributed by atoms with Gasteiger partial charge in [-0.2, -0.15) is 0 Å². The number of halogens is 1. The number of piperazine rings is 1. The van der Waals surface area contributed by atoms with Gasteiger partial charge in [0.15, 0.2) is 11.7 Å². The minimum atomic E-state index is -0.0753. The maximum atomic E-state index is 12.4. The Morgan fingerprint density at radius 2 is 1.80 bits per heavy atom. The van der Waals surface area contributed by atoms with E-state index in [2.05, 4.69) is 20.2 Å². The maximum absolute atomic E-state index is 12.4. The predicted molar refractivity (Wildman–Crippen MR) is 124 cm³/mol. The van der Waals surface area contributed by atoms with Crippen molar-refractivity contribution in [2.24, 2.45) is 4.99 Å². The lowest BCUT2D eigenvalue weighted by molar-refractivity contribution is 0.0657. The van der Waals surface area contributed by atoms with E-state index in [1.165, 1.54) is 6.26 Å². The quantitative estimate of drug-likeness (QED) is 0.323. The number of aromatic nitrogens is 1. The number of nitrogens with zero attached hydrogens (tertiary/aromatic N) is 4. The average molecular weight is 521 g/mol. The molecule has 1 aromatic carbocycles. The first-order valence-corrected chi connectivity index (χ1v) is 9.53. The minimum Gasteiger partial charge on any atom is -0.459 e.